The molecule has 0 saturated heterocycles. The lowest BCUT2D eigenvalue weighted by Crippen LogP contribution is -2.15. The summed E-state index contributed by atoms with van der Waals surface area (Å²) < 4.78 is 1.64. The second-order valence-electron chi connectivity index (χ2n) is 5.73. The van der Waals surface area contributed by atoms with Crippen LogP contribution in [0.4, 0.5) is 0 Å². The number of hydrogen-bond donors (Lipinski definition) is 2. The highest BCUT2D eigenvalue weighted by molar-refractivity contribution is 6.00. The van der Waals surface area contributed by atoms with Crippen molar-refractivity contribution in [3.8, 4) is 0 Å². The van der Waals surface area contributed by atoms with E-state index in [0.717, 1.165) is 22.0 Å². The van der Waals surface area contributed by atoms with Crippen LogP contribution < -0.4 is 0 Å². The molecule has 2 aromatic heterocycles. The van der Waals surface area contributed by atoms with Crippen LogP contribution in [0.2, 0.25) is 0 Å². The van der Waals surface area contributed by atoms with Crippen LogP contribution in [-0.4, -0.2) is 36.1 Å². The Balaban J connectivity index is 1.63. The third-order valence-corrected chi connectivity index (χ3v) is 4.12. The van der Waals surface area contributed by atoms with Crippen molar-refractivity contribution in [3.05, 3.63) is 77.7 Å². The second kappa shape index (κ2) is 6.56. The molecule has 0 atom stereocenters. The lowest BCUT2D eigenvalue weighted by Gasteiger charge is -2.06. The van der Waals surface area contributed by atoms with Gasteiger partial charge < -0.3 is 10.2 Å². The minimum absolute atomic E-state index is 0.422. The molecule has 2 N–H and O–H groups in total. The number of tetrazole rings is 1. The first-order valence-corrected chi connectivity index (χ1v) is 7.91. The fourth-order valence-electron chi connectivity index (χ4n) is 2.89. The molecule has 0 spiro atoms. The van der Waals surface area contributed by atoms with E-state index in [1.807, 2.05) is 60.8 Å². The number of fused-ring (bicyclic) bond motifs is 1. The van der Waals surface area contributed by atoms with Gasteiger partial charge in [0.25, 0.3) is 0 Å². The molecule has 0 aliphatic heterocycles. The summed E-state index contributed by atoms with van der Waals surface area (Å²) in [7, 11) is 0. The minimum atomic E-state index is 0.422. The van der Waals surface area contributed by atoms with Crippen LogP contribution in [0.1, 0.15) is 17.0 Å². The van der Waals surface area contributed by atoms with Gasteiger partial charge in [0.1, 0.15) is 5.71 Å². The first kappa shape index (κ1) is 15.1. The van der Waals surface area contributed by atoms with E-state index in [9.17, 15) is 5.21 Å². The smallest absolute Gasteiger partial charge is 0.200 e. The van der Waals surface area contributed by atoms with E-state index < -0.39 is 0 Å². The van der Waals surface area contributed by atoms with Crippen molar-refractivity contribution in [1.29, 1.82) is 0 Å². The molecule has 25 heavy (non-hydrogen) atoms. The van der Waals surface area contributed by atoms with Gasteiger partial charge in [-0.15, -0.1) is 5.10 Å². The van der Waals surface area contributed by atoms with E-state index in [1.54, 1.807) is 4.68 Å². The lowest BCUT2D eigenvalue weighted by atomic mass is 10.1. The molecule has 4 rings (SSSR count). The summed E-state index contributed by atoms with van der Waals surface area (Å²) in [6.07, 6.45) is 2.34. The van der Waals surface area contributed by atoms with Gasteiger partial charge in [-0.25, -0.2) is 4.68 Å². The summed E-state index contributed by atoms with van der Waals surface area (Å²) in [6.45, 7) is 0.510. The number of rotatable bonds is 5. The number of para-hydroxylation sites is 1. The second-order valence-corrected chi connectivity index (χ2v) is 5.73. The Morgan fingerprint density at radius 2 is 1.88 bits per heavy atom. The van der Waals surface area contributed by atoms with Crippen LogP contribution >= 0.6 is 0 Å². The minimum Gasteiger partial charge on any atom is -0.411 e. The molecule has 7 heteroatoms. The Morgan fingerprint density at radius 3 is 2.72 bits per heavy atom. The van der Waals surface area contributed by atoms with Gasteiger partial charge >= 0.3 is 0 Å². The van der Waals surface area contributed by atoms with Crippen LogP contribution in [0, 0.1) is 0 Å². The van der Waals surface area contributed by atoms with E-state index in [-0.39, 0.29) is 0 Å². The average Bonchev–Trinajstić information content (AvgIpc) is 3.28. The van der Waals surface area contributed by atoms with E-state index in [4.69, 9.17) is 0 Å². The van der Waals surface area contributed by atoms with Crippen molar-refractivity contribution >= 4 is 16.6 Å². The molecule has 2 aromatic carbocycles. The Morgan fingerprint density at radius 1 is 1.08 bits per heavy atom. The number of nitrogens with one attached hydrogen (secondary N) is 1. The average molecular weight is 332 g/mol. The van der Waals surface area contributed by atoms with Crippen LogP contribution in [0.3, 0.4) is 0 Å². The Hall–Kier alpha value is -3.48. The number of nitrogens with zero attached hydrogens (tertiary/aromatic N) is 5. The highest BCUT2D eigenvalue weighted by Gasteiger charge is 2.17. The zero-order valence-corrected chi connectivity index (χ0v) is 13.4. The van der Waals surface area contributed by atoms with Crippen molar-refractivity contribution < 1.29 is 5.21 Å². The summed E-state index contributed by atoms with van der Waals surface area (Å²) in [5, 5.41) is 25.9. The zero-order valence-electron chi connectivity index (χ0n) is 13.4. The van der Waals surface area contributed by atoms with Gasteiger partial charge in [0, 0.05) is 23.5 Å². The van der Waals surface area contributed by atoms with E-state index in [1.165, 1.54) is 0 Å². The molecule has 0 radical (unpaired) electrons. The molecule has 2 heterocycles. The maximum absolute atomic E-state index is 9.53. The normalized spacial score (nSPS) is 11.9. The van der Waals surface area contributed by atoms with E-state index >= 15 is 0 Å². The molecule has 0 amide bonds. The van der Waals surface area contributed by atoms with Gasteiger partial charge in [-0.05, 0) is 27.6 Å². The summed E-state index contributed by atoms with van der Waals surface area (Å²) >= 11 is 0. The lowest BCUT2D eigenvalue weighted by molar-refractivity contribution is 0.317. The Labute approximate surface area is 143 Å². The van der Waals surface area contributed by atoms with Crippen LogP contribution in [0.5, 0.6) is 0 Å². The highest BCUT2D eigenvalue weighted by atomic mass is 16.4. The van der Waals surface area contributed by atoms with Crippen molar-refractivity contribution in [1.82, 2.24) is 25.2 Å². The van der Waals surface area contributed by atoms with Gasteiger partial charge in [0.2, 0.25) is 5.82 Å². The van der Waals surface area contributed by atoms with E-state index in [2.05, 4.69) is 25.7 Å². The Bertz CT molecular complexity index is 1020. The maximum Gasteiger partial charge on any atom is 0.200 e. The third kappa shape index (κ3) is 2.99. The molecular formula is C18H16N6O. The summed E-state index contributed by atoms with van der Waals surface area (Å²) in [5.74, 6) is 0.455. The van der Waals surface area contributed by atoms with Crippen molar-refractivity contribution in [2.45, 2.75) is 13.0 Å². The maximum atomic E-state index is 9.53. The molecule has 0 saturated carbocycles. The predicted octanol–water partition coefficient (Wildman–Crippen LogP) is 2.62. The quantitative estimate of drug-likeness (QED) is 0.334. The first-order valence-electron chi connectivity index (χ1n) is 7.91. The van der Waals surface area contributed by atoms with E-state index in [0.29, 0.717) is 24.5 Å². The molecular weight excluding hydrogens is 316 g/mol. The van der Waals surface area contributed by atoms with Crippen molar-refractivity contribution in [2.24, 2.45) is 5.16 Å². The number of H-pyrrole nitrogens is 1. The largest absolute Gasteiger partial charge is 0.411 e. The van der Waals surface area contributed by atoms with Gasteiger partial charge in [0.15, 0.2) is 0 Å². The topological polar surface area (TPSA) is 92.0 Å². The third-order valence-electron chi connectivity index (χ3n) is 4.12. The molecule has 0 bridgehead atoms. The zero-order chi connectivity index (χ0) is 17.1. The summed E-state index contributed by atoms with van der Waals surface area (Å²) in [5.41, 5.74) is 3.56. The molecule has 0 aliphatic carbocycles. The highest BCUT2D eigenvalue weighted by Crippen LogP contribution is 2.19. The standard InChI is InChI=1S/C18H16N6O/c25-21-17(10-14-11-19-16-9-5-4-8-15(14)16)18-20-22-23-24(18)12-13-6-2-1-3-7-13/h1-9,11,19,25H,10,12H2/b21-17-. The fraction of sp³-hybridized carbons (Fsp3) is 0.111. The molecule has 7 nitrogen and oxygen atoms in total. The molecule has 124 valence electrons. The number of aromatic nitrogens is 5. The number of hydrogen-bond acceptors (Lipinski definition) is 5. The SMILES string of the molecule is O/N=C(/Cc1c[nH]c2ccccc12)c1nnnn1Cc1ccccc1. The van der Waals surface area contributed by atoms with Crippen LogP contribution in [-0.2, 0) is 13.0 Å². The molecule has 0 unspecified atom stereocenters. The van der Waals surface area contributed by atoms with Gasteiger partial charge in [-0.3, -0.25) is 0 Å². The van der Waals surface area contributed by atoms with Gasteiger partial charge in [0.05, 0.1) is 6.54 Å². The summed E-state index contributed by atoms with van der Waals surface area (Å²) in [6, 6.07) is 17.9. The Kier molecular flexibility index (Phi) is 3.96. The van der Waals surface area contributed by atoms with Crippen molar-refractivity contribution in [3.63, 3.8) is 0 Å². The fourth-order valence-corrected chi connectivity index (χ4v) is 2.89. The first-order chi connectivity index (χ1) is 12.3. The monoisotopic (exact) mass is 332 g/mol. The van der Waals surface area contributed by atoms with Gasteiger partial charge in [-0.2, -0.15) is 0 Å². The number of oxime groups is 1. The van der Waals surface area contributed by atoms with Gasteiger partial charge in [-0.1, -0.05) is 53.7 Å². The van der Waals surface area contributed by atoms with Crippen LogP contribution in [0.15, 0.2) is 65.9 Å². The van der Waals surface area contributed by atoms with Crippen molar-refractivity contribution in [2.75, 3.05) is 0 Å². The number of benzene rings is 2. The summed E-state index contributed by atoms with van der Waals surface area (Å²) in [4.78, 5) is 3.22. The van der Waals surface area contributed by atoms with Crippen LogP contribution in [0.25, 0.3) is 10.9 Å². The predicted molar refractivity (Wildman–Crippen MR) is 93.7 cm³/mol. The molecule has 4 aromatic rings. The number of aromatic amines is 1. The molecule has 0 fully saturated rings. The molecule has 0 aliphatic rings.